The fraction of sp³-hybridized carbons (Fsp3) is 0.520. The molecule has 2 radical (unpaired) electrons. The van der Waals surface area contributed by atoms with Crippen molar-refractivity contribution in [1.29, 1.82) is 0 Å². The van der Waals surface area contributed by atoms with Crippen molar-refractivity contribution < 1.29 is 31.9 Å². The molecule has 1 aliphatic heterocycles. The van der Waals surface area contributed by atoms with Crippen LogP contribution >= 0.6 is 18.2 Å². The molecule has 1 aliphatic rings. The zero-order chi connectivity index (χ0) is 29.5. The number of ether oxygens (including phenoxy) is 2. The molecule has 1 heterocycles. The molecule has 2 aromatic carbocycles. The van der Waals surface area contributed by atoms with Crippen LogP contribution in [0.4, 0.5) is 17.1 Å². The third kappa shape index (κ3) is 9.66. The Labute approximate surface area is 242 Å². The van der Waals surface area contributed by atoms with Crippen LogP contribution in [-0.2, 0) is 28.6 Å². The topological polar surface area (TPSA) is 133 Å². The molecule has 11 nitrogen and oxygen atoms in total. The molecular weight excluding hydrogens is 574 g/mol. The highest BCUT2D eigenvalue weighted by Gasteiger charge is 2.36. The van der Waals surface area contributed by atoms with Gasteiger partial charge in [0.25, 0.3) is 0 Å². The Bertz CT molecular complexity index is 1280. The van der Waals surface area contributed by atoms with Gasteiger partial charge in [0.2, 0.25) is 10.0 Å². The van der Waals surface area contributed by atoms with E-state index in [9.17, 15) is 17.9 Å². The predicted molar refractivity (Wildman–Crippen MR) is 156 cm³/mol. The summed E-state index contributed by atoms with van der Waals surface area (Å²) >= 11 is 0.547. The second kappa shape index (κ2) is 14.4. The van der Waals surface area contributed by atoms with Crippen LogP contribution in [-0.4, -0.2) is 84.9 Å². The smallest absolute Gasteiger partial charge is 0.242 e. The average molecular weight is 609 g/mol. The van der Waals surface area contributed by atoms with Gasteiger partial charge in [-0.25, -0.2) is 12.7 Å². The highest BCUT2D eigenvalue weighted by atomic mass is 32.7. The molecular formula is C25H35BN4O7PS2-. The Morgan fingerprint density at radius 3 is 2.23 bits per heavy atom. The molecule has 4 atom stereocenters. The quantitative estimate of drug-likeness (QED) is 0.177. The zero-order valence-corrected chi connectivity index (χ0v) is 25.8. The fourth-order valence-electron chi connectivity index (χ4n) is 3.69. The van der Waals surface area contributed by atoms with Crippen molar-refractivity contribution in [2.75, 3.05) is 44.9 Å². The normalized spacial score (nSPS) is 21.4. The Morgan fingerprint density at radius 2 is 1.68 bits per heavy atom. The van der Waals surface area contributed by atoms with Crippen LogP contribution in [0.2, 0.25) is 0 Å². The minimum Gasteiger partial charge on any atom is -0.770 e. The van der Waals surface area contributed by atoms with Crippen LogP contribution in [0.5, 0.6) is 0 Å². The fourth-order valence-corrected chi connectivity index (χ4v) is 7.60. The maximum absolute atomic E-state index is 13.0. The number of hydrogen-bond donors (Lipinski definition) is 0. The first-order valence-corrected chi connectivity index (χ1v) is 17.3. The summed E-state index contributed by atoms with van der Waals surface area (Å²) < 4.78 is 56.0. The summed E-state index contributed by atoms with van der Waals surface area (Å²) in [6.45, 7) is -0.528. The highest BCUT2D eigenvalue weighted by molar-refractivity contribution is 8.54. The Kier molecular flexibility index (Phi) is 11.8. The van der Waals surface area contributed by atoms with Crippen molar-refractivity contribution in [2.45, 2.75) is 49.5 Å². The van der Waals surface area contributed by atoms with Gasteiger partial charge < -0.3 is 23.8 Å². The highest BCUT2D eigenvalue weighted by Crippen LogP contribution is 2.54. The third-order valence-electron chi connectivity index (χ3n) is 5.93. The number of anilines is 1. The molecule has 218 valence electrons. The molecule has 1 fully saturated rings. The second-order valence-corrected chi connectivity index (χ2v) is 15.6. The molecule has 0 saturated carbocycles. The van der Waals surface area contributed by atoms with E-state index in [0.29, 0.717) is 22.8 Å². The number of nitrogens with zero attached hydrogens (tertiary/aromatic N) is 4. The SMILES string of the molecule is [B][C@H]1CC(OP(=O)([O-])SCCN(C)S(=O)(=O)c2ccc(N=Nc3ccc(N(C)C)cc3)cc2)[C@@H](COC(C)C)O1. The van der Waals surface area contributed by atoms with Gasteiger partial charge in [0.1, 0.15) is 14.0 Å². The number of sulfonamides is 1. The first-order chi connectivity index (χ1) is 18.8. The van der Waals surface area contributed by atoms with Crippen LogP contribution in [0.15, 0.2) is 63.7 Å². The van der Waals surface area contributed by atoms with E-state index in [0.717, 1.165) is 9.99 Å². The van der Waals surface area contributed by atoms with Gasteiger partial charge in [0.05, 0.1) is 35.1 Å². The van der Waals surface area contributed by atoms with E-state index in [1.54, 1.807) is 12.1 Å². The van der Waals surface area contributed by atoms with Gasteiger partial charge in [-0.3, -0.25) is 4.57 Å². The summed E-state index contributed by atoms with van der Waals surface area (Å²) in [6.07, 6.45) is -1.21. The van der Waals surface area contributed by atoms with E-state index >= 15 is 0 Å². The lowest BCUT2D eigenvalue weighted by Crippen LogP contribution is -2.31. The largest absolute Gasteiger partial charge is 0.770 e. The molecule has 2 unspecified atom stereocenters. The van der Waals surface area contributed by atoms with E-state index < -0.39 is 35.0 Å². The van der Waals surface area contributed by atoms with Gasteiger partial charge in [0, 0.05) is 45.1 Å². The van der Waals surface area contributed by atoms with Crippen molar-refractivity contribution in [3.05, 3.63) is 48.5 Å². The number of benzene rings is 2. The van der Waals surface area contributed by atoms with Gasteiger partial charge in [-0.05, 0) is 68.8 Å². The minimum atomic E-state index is -4.35. The number of hydrogen-bond acceptors (Lipinski definition) is 11. The molecule has 0 amide bonds. The Balaban J connectivity index is 1.52. The summed E-state index contributed by atoms with van der Waals surface area (Å²) in [4.78, 5) is 14.6. The summed E-state index contributed by atoms with van der Waals surface area (Å²) in [5.74, 6) is -0.0256. The molecule has 0 bridgehead atoms. The lowest BCUT2D eigenvalue weighted by molar-refractivity contribution is -0.196. The van der Waals surface area contributed by atoms with Crippen LogP contribution in [0.3, 0.4) is 0 Å². The van der Waals surface area contributed by atoms with Crippen molar-refractivity contribution in [3.63, 3.8) is 0 Å². The predicted octanol–water partition coefficient (Wildman–Crippen LogP) is 4.08. The maximum atomic E-state index is 13.0. The van der Waals surface area contributed by atoms with E-state index in [2.05, 4.69) is 10.2 Å². The summed E-state index contributed by atoms with van der Waals surface area (Å²) in [5, 5.41) is 8.35. The van der Waals surface area contributed by atoms with Gasteiger partial charge in [0.15, 0.2) is 6.80 Å². The third-order valence-corrected chi connectivity index (χ3v) is 10.8. The summed E-state index contributed by atoms with van der Waals surface area (Å²) in [6, 6.07) is 12.9. The van der Waals surface area contributed by atoms with Crippen LogP contribution in [0.1, 0.15) is 20.3 Å². The zero-order valence-electron chi connectivity index (χ0n) is 23.2. The van der Waals surface area contributed by atoms with E-state index in [1.165, 1.54) is 19.2 Å². The van der Waals surface area contributed by atoms with Gasteiger partial charge >= 0.3 is 0 Å². The molecule has 0 aliphatic carbocycles. The molecule has 0 N–H and O–H groups in total. The second-order valence-electron chi connectivity index (χ2n) is 9.69. The van der Waals surface area contributed by atoms with Crippen LogP contribution in [0, 0.1) is 0 Å². The first kappa shape index (κ1) is 32.7. The molecule has 3 rings (SSSR count). The first-order valence-electron chi connectivity index (χ1n) is 12.7. The Morgan fingerprint density at radius 1 is 1.10 bits per heavy atom. The van der Waals surface area contributed by atoms with E-state index in [-0.39, 0.29) is 36.3 Å². The minimum absolute atomic E-state index is 0.0256. The van der Waals surface area contributed by atoms with Gasteiger partial charge in [-0.1, -0.05) is 11.4 Å². The number of rotatable bonds is 14. The van der Waals surface area contributed by atoms with Gasteiger partial charge in [-0.15, -0.1) is 0 Å². The number of azo groups is 1. The molecule has 0 spiro atoms. The molecule has 1 saturated heterocycles. The molecule has 15 heteroatoms. The lowest BCUT2D eigenvalue weighted by atomic mass is 9.96. The van der Waals surface area contributed by atoms with E-state index in [4.69, 9.17) is 21.8 Å². The standard InChI is InChI=1S/C25H36BN4O7PS2/c1-18(2)35-17-24-23(16-25(26)36-24)37-38(31,32)39-15-14-30(5)40(33,34)22-12-8-20(9-13-22)28-27-19-6-10-21(11-7-19)29(3)4/h6-13,18,23-25H,14-17H2,1-5H3,(H,31,32)/p-1/t23?,24-,25-/m1/s1. The van der Waals surface area contributed by atoms with Crippen molar-refractivity contribution in [3.8, 4) is 0 Å². The van der Waals surface area contributed by atoms with Crippen molar-refractivity contribution >= 4 is 53.1 Å². The lowest BCUT2D eigenvalue weighted by Gasteiger charge is -2.29. The van der Waals surface area contributed by atoms with Crippen molar-refractivity contribution in [2.24, 2.45) is 10.2 Å². The monoisotopic (exact) mass is 609 g/mol. The molecule has 2 aromatic rings. The van der Waals surface area contributed by atoms with Crippen LogP contribution < -0.4 is 9.79 Å². The molecule has 0 aromatic heterocycles. The van der Waals surface area contributed by atoms with Crippen LogP contribution in [0.25, 0.3) is 0 Å². The van der Waals surface area contributed by atoms with Crippen molar-refractivity contribution in [1.82, 2.24) is 4.31 Å². The average Bonchev–Trinajstić information content (AvgIpc) is 3.24. The Hall–Kier alpha value is -1.77. The molecule has 40 heavy (non-hydrogen) atoms. The maximum Gasteiger partial charge on any atom is 0.242 e. The van der Waals surface area contributed by atoms with Gasteiger partial charge in [-0.2, -0.15) is 10.2 Å². The van der Waals surface area contributed by atoms with E-state index in [1.807, 2.05) is 57.1 Å². The summed E-state index contributed by atoms with van der Waals surface area (Å²) in [5.41, 5.74) is 2.20. The summed E-state index contributed by atoms with van der Waals surface area (Å²) in [7, 11) is 7.24.